The molecule has 0 aliphatic heterocycles. The van der Waals surface area contributed by atoms with Gasteiger partial charge >= 0.3 is 0 Å². The van der Waals surface area contributed by atoms with Crippen molar-refractivity contribution in [2.75, 3.05) is 6.54 Å². The normalized spacial score (nSPS) is 11.4. The predicted molar refractivity (Wildman–Crippen MR) is 72.9 cm³/mol. The van der Waals surface area contributed by atoms with Crippen LogP contribution in [0.1, 0.15) is 23.2 Å². The first-order valence-corrected chi connectivity index (χ1v) is 6.02. The molecule has 6 nitrogen and oxygen atoms in total. The summed E-state index contributed by atoms with van der Waals surface area (Å²) in [7, 11) is 0. The zero-order valence-corrected chi connectivity index (χ0v) is 10.6. The van der Waals surface area contributed by atoms with Crippen molar-refractivity contribution < 1.29 is 9.59 Å². The Morgan fingerprint density at radius 3 is 2.63 bits per heavy atom. The van der Waals surface area contributed by atoms with E-state index in [1.54, 1.807) is 24.3 Å². The van der Waals surface area contributed by atoms with Gasteiger partial charge in [-0.25, -0.2) is 0 Å². The summed E-state index contributed by atoms with van der Waals surface area (Å²) in [5, 5.41) is 12.3. The number of carbonyl (C=O) groups excluding carboxylic acids is 2. The fourth-order valence-corrected chi connectivity index (χ4v) is 1.56. The lowest BCUT2D eigenvalue weighted by Gasteiger charge is -2.13. The number of benzene rings is 1. The molecule has 0 saturated carbocycles. The Bertz CT molecular complexity index is 434. The first-order chi connectivity index (χ1) is 9.13. The standard InChI is InChI=1S/C13H18N4O2/c14-13(15)16-8-4-7-11(9-18)17-12(19)10-5-2-1-3-6-10/h1-3,5-6,9,11H,4,7-8H2,(H,17,19)(H4,14,15,16)/t11-/m0/s1. The van der Waals surface area contributed by atoms with Crippen LogP contribution in [0.15, 0.2) is 30.3 Å². The summed E-state index contributed by atoms with van der Waals surface area (Å²) >= 11 is 0. The number of rotatable bonds is 7. The molecule has 19 heavy (non-hydrogen) atoms. The van der Waals surface area contributed by atoms with Crippen LogP contribution in [0.25, 0.3) is 0 Å². The molecule has 1 aromatic rings. The molecule has 0 bridgehead atoms. The third-order valence-electron chi connectivity index (χ3n) is 2.52. The van der Waals surface area contributed by atoms with Gasteiger partial charge in [0.05, 0.1) is 6.04 Å². The molecule has 1 atom stereocenters. The summed E-state index contributed by atoms with van der Waals surface area (Å²) in [5.74, 6) is -0.367. The zero-order chi connectivity index (χ0) is 14.1. The molecule has 0 fully saturated rings. The minimum absolute atomic E-state index is 0.101. The van der Waals surface area contributed by atoms with Gasteiger partial charge in [0, 0.05) is 12.1 Å². The Morgan fingerprint density at radius 2 is 2.05 bits per heavy atom. The first kappa shape index (κ1) is 14.7. The predicted octanol–water partition coefficient (Wildman–Crippen LogP) is 0.247. The highest BCUT2D eigenvalue weighted by Crippen LogP contribution is 2.00. The number of guanidine groups is 1. The van der Waals surface area contributed by atoms with Crippen molar-refractivity contribution in [3.63, 3.8) is 0 Å². The van der Waals surface area contributed by atoms with E-state index in [0.29, 0.717) is 31.2 Å². The number of nitrogens with one attached hydrogen (secondary N) is 3. The van der Waals surface area contributed by atoms with Crippen LogP contribution in [0.5, 0.6) is 0 Å². The summed E-state index contributed by atoms with van der Waals surface area (Å²) in [6, 6.07) is 8.20. The highest BCUT2D eigenvalue weighted by atomic mass is 16.2. The molecule has 0 aliphatic carbocycles. The summed E-state index contributed by atoms with van der Waals surface area (Å²) in [6.45, 7) is 0.501. The summed E-state index contributed by atoms with van der Waals surface area (Å²) < 4.78 is 0. The number of aldehydes is 1. The van der Waals surface area contributed by atoms with Crippen molar-refractivity contribution in [2.45, 2.75) is 18.9 Å². The topological polar surface area (TPSA) is 108 Å². The Balaban J connectivity index is 2.38. The molecule has 0 aliphatic rings. The van der Waals surface area contributed by atoms with Crippen LogP contribution >= 0.6 is 0 Å². The van der Waals surface area contributed by atoms with Crippen molar-refractivity contribution in [3.05, 3.63) is 35.9 Å². The van der Waals surface area contributed by atoms with E-state index >= 15 is 0 Å². The van der Waals surface area contributed by atoms with E-state index < -0.39 is 6.04 Å². The lowest BCUT2D eigenvalue weighted by atomic mass is 10.1. The maximum Gasteiger partial charge on any atom is 0.251 e. The third-order valence-corrected chi connectivity index (χ3v) is 2.52. The van der Waals surface area contributed by atoms with Gasteiger partial charge in [-0.05, 0) is 25.0 Å². The first-order valence-electron chi connectivity index (χ1n) is 6.02. The average Bonchev–Trinajstić information content (AvgIpc) is 2.42. The summed E-state index contributed by atoms with van der Waals surface area (Å²) in [6.07, 6.45) is 1.86. The van der Waals surface area contributed by atoms with Crippen molar-refractivity contribution in [1.82, 2.24) is 10.6 Å². The van der Waals surface area contributed by atoms with Gasteiger partial charge in [0.15, 0.2) is 5.96 Å². The SMILES string of the molecule is N=C(N)NCCC[C@@H](C=O)NC(=O)c1ccccc1. The van der Waals surface area contributed by atoms with Gasteiger partial charge in [-0.1, -0.05) is 18.2 Å². The molecule has 1 amide bonds. The fraction of sp³-hybridized carbons (Fsp3) is 0.308. The lowest BCUT2D eigenvalue weighted by Crippen LogP contribution is -2.37. The average molecular weight is 262 g/mol. The molecule has 0 radical (unpaired) electrons. The van der Waals surface area contributed by atoms with Crippen molar-refractivity contribution >= 4 is 18.2 Å². The number of nitrogens with two attached hydrogens (primary N) is 1. The number of hydrogen-bond acceptors (Lipinski definition) is 3. The quantitative estimate of drug-likeness (QED) is 0.244. The molecule has 5 N–H and O–H groups in total. The second-order valence-electron chi connectivity index (χ2n) is 4.06. The van der Waals surface area contributed by atoms with E-state index in [-0.39, 0.29) is 11.9 Å². The van der Waals surface area contributed by atoms with E-state index in [0.717, 1.165) is 0 Å². The largest absolute Gasteiger partial charge is 0.370 e. The maximum atomic E-state index is 11.8. The molecule has 0 aromatic heterocycles. The van der Waals surface area contributed by atoms with Gasteiger partial charge in [0.1, 0.15) is 6.29 Å². The molecular weight excluding hydrogens is 244 g/mol. The second-order valence-corrected chi connectivity index (χ2v) is 4.06. The minimum Gasteiger partial charge on any atom is -0.370 e. The van der Waals surface area contributed by atoms with E-state index in [4.69, 9.17) is 11.1 Å². The molecule has 0 spiro atoms. The van der Waals surface area contributed by atoms with Crippen molar-refractivity contribution in [2.24, 2.45) is 5.73 Å². The van der Waals surface area contributed by atoms with Gasteiger partial charge < -0.3 is 21.2 Å². The van der Waals surface area contributed by atoms with Crippen LogP contribution in [0.2, 0.25) is 0 Å². The van der Waals surface area contributed by atoms with Crippen molar-refractivity contribution in [1.29, 1.82) is 5.41 Å². The van der Waals surface area contributed by atoms with E-state index in [9.17, 15) is 9.59 Å². The highest BCUT2D eigenvalue weighted by Gasteiger charge is 2.12. The van der Waals surface area contributed by atoms with Gasteiger partial charge in [-0.2, -0.15) is 0 Å². The highest BCUT2D eigenvalue weighted by molar-refractivity contribution is 5.95. The monoisotopic (exact) mass is 262 g/mol. The Labute approximate surface area is 111 Å². The van der Waals surface area contributed by atoms with E-state index in [1.807, 2.05) is 6.07 Å². The molecule has 1 aromatic carbocycles. The summed E-state index contributed by atoms with van der Waals surface area (Å²) in [5.41, 5.74) is 5.66. The van der Waals surface area contributed by atoms with Crippen molar-refractivity contribution in [3.8, 4) is 0 Å². The fourth-order valence-electron chi connectivity index (χ4n) is 1.56. The molecule has 0 saturated heterocycles. The van der Waals surface area contributed by atoms with Gasteiger partial charge in [0.25, 0.3) is 5.91 Å². The zero-order valence-electron chi connectivity index (χ0n) is 10.6. The smallest absolute Gasteiger partial charge is 0.251 e. The third kappa shape index (κ3) is 5.67. The number of carbonyl (C=O) groups is 2. The molecule has 0 unspecified atom stereocenters. The second kappa shape index (κ2) is 7.86. The van der Waals surface area contributed by atoms with Crippen LogP contribution in [0.3, 0.4) is 0 Å². The number of hydrogen-bond donors (Lipinski definition) is 4. The van der Waals surface area contributed by atoms with Gasteiger partial charge in [-0.15, -0.1) is 0 Å². The Hall–Kier alpha value is -2.37. The summed E-state index contributed by atoms with van der Waals surface area (Å²) in [4.78, 5) is 22.7. The molecule has 0 heterocycles. The van der Waals surface area contributed by atoms with Crippen LogP contribution in [-0.2, 0) is 4.79 Å². The number of amides is 1. The lowest BCUT2D eigenvalue weighted by molar-refractivity contribution is -0.109. The van der Waals surface area contributed by atoms with E-state index in [1.165, 1.54) is 0 Å². The van der Waals surface area contributed by atoms with E-state index in [2.05, 4.69) is 10.6 Å². The molecule has 6 heteroatoms. The minimum atomic E-state index is -0.526. The van der Waals surface area contributed by atoms with Crippen LogP contribution < -0.4 is 16.4 Å². The molecule has 102 valence electrons. The maximum absolute atomic E-state index is 11.8. The molecule has 1 rings (SSSR count). The Kier molecular flexibility index (Phi) is 6.08. The van der Waals surface area contributed by atoms with Gasteiger partial charge in [0.2, 0.25) is 0 Å². The molecular formula is C13H18N4O2. The van der Waals surface area contributed by atoms with Gasteiger partial charge in [-0.3, -0.25) is 10.2 Å². The van der Waals surface area contributed by atoms with Crippen LogP contribution in [0, 0.1) is 5.41 Å². The van der Waals surface area contributed by atoms with Crippen LogP contribution in [-0.4, -0.2) is 30.7 Å². The Morgan fingerprint density at radius 1 is 1.37 bits per heavy atom. The van der Waals surface area contributed by atoms with Crippen LogP contribution in [0.4, 0.5) is 0 Å².